The predicted molar refractivity (Wildman–Crippen MR) is 175 cm³/mol. The fourth-order valence-corrected chi connectivity index (χ4v) is 6.01. The highest BCUT2D eigenvalue weighted by atomic mass is 16.5. The van der Waals surface area contributed by atoms with Gasteiger partial charge >= 0.3 is 0 Å². The molecule has 5 heteroatoms. The zero-order valence-electron chi connectivity index (χ0n) is 24.8. The molecular weight excluding hydrogens is 530 g/mol. The van der Waals surface area contributed by atoms with Crippen molar-refractivity contribution in [2.75, 3.05) is 32.7 Å². The van der Waals surface area contributed by atoms with Crippen LogP contribution >= 0.6 is 0 Å². The second kappa shape index (κ2) is 13.6. The van der Waals surface area contributed by atoms with E-state index in [4.69, 9.17) is 4.74 Å². The van der Waals surface area contributed by atoms with E-state index >= 15 is 0 Å². The number of para-hydroxylation sites is 1. The van der Waals surface area contributed by atoms with Gasteiger partial charge in [0.05, 0.1) is 0 Å². The van der Waals surface area contributed by atoms with Gasteiger partial charge in [0, 0.05) is 69.2 Å². The lowest BCUT2D eigenvalue weighted by molar-refractivity contribution is -0.133. The Morgan fingerprint density at radius 3 is 2.35 bits per heavy atom. The summed E-state index contributed by atoms with van der Waals surface area (Å²) < 4.78 is 8.36. The predicted octanol–water partition coefficient (Wildman–Crippen LogP) is 7.14. The number of hydrogen-bond acceptors (Lipinski definition) is 3. The maximum Gasteiger partial charge on any atom is 0.223 e. The summed E-state index contributed by atoms with van der Waals surface area (Å²) >= 11 is 0. The Bertz CT molecular complexity index is 1670. The number of rotatable bonds is 10. The van der Waals surface area contributed by atoms with Crippen molar-refractivity contribution in [2.24, 2.45) is 7.05 Å². The van der Waals surface area contributed by atoms with Gasteiger partial charge in [0.1, 0.15) is 12.4 Å². The molecule has 1 fully saturated rings. The zero-order chi connectivity index (χ0) is 29.4. The molecule has 0 saturated carbocycles. The Kier molecular flexibility index (Phi) is 9.00. The van der Waals surface area contributed by atoms with Crippen LogP contribution in [-0.4, -0.2) is 53.0 Å². The van der Waals surface area contributed by atoms with Crippen molar-refractivity contribution in [1.29, 1.82) is 0 Å². The van der Waals surface area contributed by atoms with Crippen molar-refractivity contribution in [3.8, 4) is 5.75 Å². The number of benzene rings is 4. The fourth-order valence-electron chi connectivity index (χ4n) is 6.01. The lowest BCUT2D eigenvalue weighted by Crippen LogP contribution is -2.48. The van der Waals surface area contributed by atoms with Gasteiger partial charge in [0.25, 0.3) is 0 Å². The summed E-state index contributed by atoms with van der Waals surface area (Å²) in [4.78, 5) is 18.3. The third-order valence-corrected chi connectivity index (χ3v) is 8.39. The molecule has 1 saturated heterocycles. The van der Waals surface area contributed by atoms with Crippen molar-refractivity contribution >= 4 is 22.9 Å². The highest BCUT2D eigenvalue weighted by Crippen LogP contribution is 2.36. The minimum Gasteiger partial charge on any atom is -0.489 e. The van der Waals surface area contributed by atoms with Crippen LogP contribution in [-0.2, 0) is 18.4 Å². The maximum absolute atomic E-state index is 13.9. The quantitative estimate of drug-likeness (QED) is 0.179. The Morgan fingerprint density at radius 1 is 0.837 bits per heavy atom. The van der Waals surface area contributed by atoms with Gasteiger partial charge in [-0.25, -0.2) is 0 Å². The molecule has 0 N–H and O–H groups in total. The van der Waals surface area contributed by atoms with Crippen LogP contribution in [0.5, 0.6) is 5.75 Å². The number of piperazine rings is 1. The van der Waals surface area contributed by atoms with E-state index in [9.17, 15) is 4.79 Å². The number of carbonyl (C=O) groups excluding carboxylic acids is 1. The summed E-state index contributed by atoms with van der Waals surface area (Å²) in [6.07, 6.45) is 7.00. The molecule has 1 aliphatic heterocycles. The first-order valence-electron chi connectivity index (χ1n) is 15.2. The van der Waals surface area contributed by atoms with Crippen molar-refractivity contribution in [3.63, 3.8) is 0 Å². The molecule has 4 aromatic carbocycles. The average molecular weight is 570 g/mol. The Hall–Kier alpha value is -4.61. The van der Waals surface area contributed by atoms with Crippen LogP contribution in [0.2, 0.25) is 0 Å². The van der Waals surface area contributed by atoms with Crippen LogP contribution in [0, 0.1) is 0 Å². The van der Waals surface area contributed by atoms with Crippen LogP contribution in [0.4, 0.5) is 0 Å². The van der Waals surface area contributed by atoms with Crippen LogP contribution in [0.3, 0.4) is 0 Å². The van der Waals surface area contributed by atoms with Crippen molar-refractivity contribution in [1.82, 2.24) is 14.4 Å². The standard InChI is InChI=1S/C38H39N3O2/c1-39-28-36(34-19-8-9-20-37(34)39)35(32-17-10-18-33(26-32)43-29-31-14-6-3-7-15-31)27-38(42)41-24-22-40(23-25-41)21-11-16-30-12-4-2-5-13-30/h2-20,26,28,35H,21-25,27,29H2,1H3/b16-11+. The van der Waals surface area contributed by atoms with Crippen LogP contribution in [0.1, 0.15) is 34.6 Å². The normalized spacial score (nSPS) is 14.8. The highest BCUT2D eigenvalue weighted by Gasteiger charge is 2.27. The van der Waals surface area contributed by atoms with E-state index in [0.717, 1.165) is 49.6 Å². The van der Waals surface area contributed by atoms with Gasteiger partial charge in [0.15, 0.2) is 0 Å². The molecule has 218 valence electrons. The summed E-state index contributed by atoms with van der Waals surface area (Å²) in [5, 5.41) is 1.19. The highest BCUT2D eigenvalue weighted by molar-refractivity contribution is 5.86. The number of aromatic nitrogens is 1. The average Bonchev–Trinajstić information content (AvgIpc) is 3.40. The molecule has 0 radical (unpaired) electrons. The smallest absolute Gasteiger partial charge is 0.223 e. The van der Waals surface area contributed by atoms with Gasteiger partial charge in [-0.05, 0) is 40.5 Å². The van der Waals surface area contributed by atoms with Gasteiger partial charge in [-0.3, -0.25) is 9.69 Å². The van der Waals surface area contributed by atoms with E-state index in [2.05, 4.69) is 108 Å². The SMILES string of the molecule is Cn1cc(C(CC(=O)N2CCN(C/C=C/c3ccccc3)CC2)c2cccc(OCc3ccccc3)c2)c2ccccc21. The Morgan fingerprint density at radius 2 is 1.56 bits per heavy atom. The molecule has 6 rings (SSSR count). The summed E-state index contributed by atoms with van der Waals surface area (Å²) in [6, 6.07) is 37.3. The Labute approximate surface area is 254 Å². The first-order chi connectivity index (χ1) is 21.1. The minimum absolute atomic E-state index is 0.0780. The van der Waals surface area contributed by atoms with Gasteiger partial charge in [-0.1, -0.05) is 103 Å². The number of amides is 1. The third kappa shape index (κ3) is 7.07. The molecule has 1 amide bonds. The van der Waals surface area contributed by atoms with E-state index in [1.807, 2.05) is 41.3 Å². The van der Waals surface area contributed by atoms with Gasteiger partial charge in [-0.2, -0.15) is 0 Å². The van der Waals surface area contributed by atoms with E-state index in [-0.39, 0.29) is 11.8 Å². The monoisotopic (exact) mass is 569 g/mol. The zero-order valence-corrected chi connectivity index (χ0v) is 24.8. The maximum atomic E-state index is 13.9. The molecule has 2 heterocycles. The molecule has 5 nitrogen and oxygen atoms in total. The molecule has 1 aromatic heterocycles. The molecule has 0 bridgehead atoms. The van der Waals surface area contributed by atoms with Crippen LogP contribution < -0.4 is 4.74 Å². The van der Waals surface area contributed by atoms with Gasteiger partial charge in [0.2, 0.25) is 5.91 Å². The van der Waals surface area contributed by atoms with Crippen molar-refractivity contribution < 1.29 is 9.53 Å². The lowest BCUT2D eigenvalue weighted by Gasteiger charge is -2.35. The lowest BCUT2D eigenvalue weighted by atomic mass is 9.87. The number of aryl methyl sites for hydroxylation is 1. The summed E-state index contributed by atoms with van der Waals surface area (Å²) in [5.41, 5.74) is 5.79. The number of fused-ring (bicyclic) bond motifs is 1. The third-order valence-electron chi connectivity index (χ3n) is 8.39. The molecule has 1 aliphatic rings. The number of hydrogen-bond donors (Lipinski definition) is 0. The first-order valence-corrected chi connectivity index (χ1v) is 15.2. The van der Waals surface area contributed by atoms with E-state index in [1.165, 1.54) is 22.0 Å². The van der Waals surface area contributed by atoms with Crippen LogP contribution in [0.15, 0.2) is 121 Å². The molecule has 0 spiro atoms. The largest absolute Gasteiger partial charge is 0.489 e. The van der Waals surface area contributed by atoms with E-state index in [0.29, 0.717) is 13.0 Å². The number of ether oxygens (including phenoxy) is 1. The number of nitrogens with zero attached hydrogens (tertiary/aromatic N) is 3. The fraction of sp³-hybridized carbons (Fsp3) is 0.237. The molecule has 1 unspecified atom stereocenters. The first kappa shape index (κ1) is 28.5. The summed E-state index contributed by atoms with van der Waals surface area (Å²) in [6.45, 7) is 4.67. The summed E-state index contributed by atoms with van der Waals surface area (Å²) in [7, 11) is 2.08. The number of carbonyl (C=O) groups is 1. The van der Waals surface area contributed by atoms with Gasteiger partial charge in [-0.15, -0.1) is 0 Å². The van der Waals surface area contributed by atoms with Crippen molar-refractivity contribution in [2.45, 2.75) is 18.9 Å². The second-order valence-electron chi connectivity index (χ2n) is 11.3. The topological polar surface area (TPSA) is 37.7 Å². The second-order valence-corrected chi connectivity index (χ2v) is 11.3. The van der Waals surface area contributed by atoms with Crippen LogP contribution in [0.25, 0.3) is 17.0 Å². The van der Waals surface area contributed by atoms with E-state index in [1.54, 1.807) is 0 Å². The van der Waals surface area contributed by atoms with E-state index < -0.39 is 0 Å². The molecule has 1 atom stereocenters. The molecule has 43 heavy (non-hydrogen) atoms. The van der Waals surface area contributed by atoms with Crippen molar-refractivity contribution in [3.05, 3.63) is 144 Å². The summed E-state index contributed by atoms with van der Waals surface area (Å²) in [5.74, 6) is 0.940. The molecule has 0 aliphatic carbocycles. The molecular formula is C38H39N3O2. The Balaban J connectivity index is 1.17. The van der Waals surface area contributed by atoms with Gasteiger partial charge < -0.3 is 14.2 Å². The molecule has 5 aromatic rings. The minimum atomic E-state index is -0.0780.